The van der Waals surface area contributed by atoms with Crippen LogP contribution in [0.3, 0.4) is 0 Å². The fourth-order valence-electron chi connectivity index (χ4n) is 5.22. The molecule has 25 heavy (non-hydrogen) atoms. The van der Waals surface area contributed by atoms with Crippen LogP contribution in [0.15, 0.2) is 0 Å². The molecule has 0 aromatic rings. The molecular weight excluding hydrogens is 334 g/mol. The molecule has 4 rings (SSSR count). The van der Waals surface area contributed by atoms with Crippen molar-refractivity contribution in [3.8, 4) is 0 Å². The van der Waals surface area contributed by atoms with E-state index in [2.05, 4.69) is 18.7 Å². The van der Waals surface area contributed by atoms with Crippen LogP contribution in [-0.2, 0) is 14.3 Å². The van der Waals surface area contributed by atoms with Crippen molar-refractivity contribution in [3.05, 3.63) is 0 Å². The van der Waals surface area contributed by atoms with Crippen molar-refractivity contribution in [2.45, 2.75) is 89.1 Å². The van der Waals surface area contributed by atoms with Gasteiger partial charge < -0.3 is 9.53 Å². The number of carbonyl (C=O) groups excluding carboxylic acids is 2. The first-order chi connectivity index (χ1) is 11.5. The molecule has 4 saturated heterocycles. The molecule has 0 radical (unpaired) electrons. The summed E-state index contributed by atoms with van der Waals surface area (Å²) in [5.41, 5.74) is 0. The van der Waals surface area contributed by atoms with E-state index in [1.807, 2.05) is 13.1 Å². The molecule has 4 aliphatic heterocycles. The van der Waals surface area contributed by atoms with E-state index in [4.69, 9.17) is 4.74 Å². The van der Waals surface area contributed by atoms with Gasteiger partial charge in [0.15, 0.2) is 20.1 Å². The average molecular weight is 368 g/mol. The van der Waals surface area contributed by atoms with E-state index in [-0.39, 0.29) is 22.7 Å². The Kier molecular flexibility index (Phi) is 4.92. The van der Waals surface area contributed by atoms with Gasteiger partial charge in [-0.3, -0.25) is 9.69 Å². The summed E-state index contributed by atoms with van der Waals surface area (Å²) < 4.78 is 5.19. The Hall–Kier alpha value is -0.723. The molecule has 4 aliphatic rings. The molecule has 4 heterocycles. The molecule has 0 spiro atoms. The van der Waals surface area contributed by atoms with Gasteiger partial charge >= 0.3 is 5.97 Å². The summed E-state index contributed by atoms with van der Waals surface area (Å²) in [6.07, 6.45) is 4.88. The minimum atomic E-state index is -2.22. The maximum absolute atomic E-state index is 12.6. The molecule has 0 saturated carbocycles. The molecule has 3 atom stereocenters. The number of rotatable bonds is 5. The van der Waals surface area contributed by atoms with Crippen molar-refractivity contribution in [1.29, 1.82) is 0 Å². The molecule has 142 valence electrons. The van der Waals surface area contributed by atoms with Gasteiger partial charge in [0.1, 0.15) is 0 Å². The standard InChI is InChI=1S/C19H33NO4Si/c1-6-24-18(22)16-17(21)13-9-14-7-12(8-15(10-13)20(14)16)11-19(2,3)25(4,5)23/h12-16,23H,6-11H2,1-5H3. The monoisotopic (exact) mass is 367 g/mol. The summed E-state index contributed by atoms with van der Waals surface area (Å²) in [6.45, 7) is 10.6. The van der Waals surface area contributed by atoms with Gasteiger partial charge in [0.05, 0.1) is 6.61 Å². The highest BCUT2D eigenvalue weighted by Gasteiger charge is 2.57. The van der Waals surface area contributed by atoms with E-state index in [9.17, 15) is 14.4 Å². The topological polar surface area (TPSA) is 66.8 Å². The number of ketones is 1. The van der Waals surface area contributed by atoms with Crippen LogP contribution in [-0.4, -0.2) is 54.5 Å². The summed E-state index contributed by atoms with van der Waals surface area (Å²) in [5.74, 6) is 0.326. The van der Waals surface area contributed by atoms with Gasteiger partial charge in [-0.2, -0.15) is 0 Å². The third kappa shape index (κ3) is 3.33. The maximum Gasteiger partial charge on any atom is 0.331 e. The van der Waals surface area contributed by atoms with Crippen LogP contribution in [0.5, 0.6) is 0 Å². The summed E-state index contributed by atoms with van der Waals surface area (Å²) in [4.78, 5) is 37.8. The zero-order valence-corrected chi connectivity index (χ0v) is 17.2. The second-order valence-corrected chi connectivity index (χ2v) is 13.9. The van der Waals surface area contributed by atoms with Gasteiger partial charge in [0.25, 0.3) is 0 Å². The fourth-order valence-corrected chi connectivity index (χ4v) is 6.01. The largest absolute Gasteiger partial charge is 0.464 e. The maximum atomic E-state index is 12.6. The number of ether oxygens (including phenoxy) is 1. The number of Topliss-reactive ketones (excluding diaryl/α,β-unsaturated/α-hetero) is 1. The predicted octanol–water partition coefficient (Wildman–Crippen LogP) is 2.73. The number of fused-ring (bicyclic) bond motifs is 1. The van der Waals surface area contributed by atoms with Crippen molar-refractivity contribution >= 4 is 20.1 Å². The smallest absolute Gasteiger partial charge is 0.331 e. The Balaban J connectivity index is 1.75. The summed E-state index contributed by atoms with van der Waals surface area (Å²) in [6, 6.07) is -0.0391. The zero-order chi connectivity index (χ0) is 18.6. The van der Waals surface area contributed by atoms with Gasteiger partial charge in [-0.25, -0.2) is 4.79 Å². The Morgan fingerprint density at radius 1 is 1.24 bits per heavy atom. The second kappa shape index (κ2) is 6.46. The highest BCUT2D eigenvalue weighted by atomic mass is 28.4. The molecule has 3 unspecified atom stereocenters. The lowest BCUT2D eigenvalue weighted by Crippen LogP contribution is -2.69. The highest BCUT2D eigenvalue weighted by Crippen LogP contribution is 2.51. The first-order valence-electron chi connectivity index (χ1n) is 9.75. The summed E-state index contributed by atoms with van der Waals surface area (Å²) >= 11 is 0. The van der Waals surface area contributed by atoms with Crippen LogP contribution in [0.4, 0.5) is 0 Å². The Bertz CT molecular complexity index is 540. The Labute approximate surface area is 152 Å². The highest BCUT2D eigenvalue weighted by molar-refractivity contribution is 6.72. The lowest BCUT2D eigenvalue weighted by atomic mass is 9.66. The van der Waals surface area contributed by atoms with E-state index < -0.39 is 14.4 Å². The Morgan fingerprint density at radius 3 is 2.28 bits per heavy atom. The van der Waals surface area contributed by atoms with Crippen molar-refractivity contribution < 1.29 is 19.1 Å². The third-order valence-electron chi connectivity index (χ3n) is 7.10. The summed E-state index contributed by atoms with van der Waals surface area (Å²) in [5, 5.41) is -0.0198. The second-order valence-electron chi connectivity index (χ2n) is 9.46. The van der Waals surface area contributed by atoms with Crippen LogP contribution < -0.4 is 0 Å². The normalized spacial score (nSPS) is 37.9. The molecular formula is C19H33NO4Si. The summed E-state index contributed by atoms with van der Waals surface area (Å²) in [7, 11) is -2.22. The lowest BCUT2D eigenvalue weighted by molar-refractivity contribution is -0.173. The van der Waals surface area contributed by atoms with Gasteiger partial charge in [-0.05, 0) is 63.1 Å². The molecule has 4 fully saturated rings. The van der Waals surface area contributed by atoms with Crippen molar-refractivity contribution in [1.82, 2.24) is 4.90 Å². The number of esters is 1. The number of hydrogen-bond donors (Lipinski definition) is 1. The minimum Gasteiger partial charge on any atom is -0.464 e. The first-order valence-corrected chi connectivity index (χ1v) is 12.7. The molecule has 6 heteroatoms. The van der Waals surface area contributed by atoms with Crippen LogP contribution in [0, 0.1) is 11.8 Å². The van der Waals surface area contributed by atoms with E-state index in [0.717, 1.165) is 32.1 Å². The van der Waals surface area contributed by atoms with Crippen LogP contribution in [0.1, 0.15) is 52.9 Å². The van der Waals surface area contributed by atoms with Gasteiger partial charge in [0, 0.05) is 18.0 Å². The van der Waals surface area contributed by atoms with Gasteiger partial charge in [0.2, 0.25) is 0 Å². The van der Waals surface area contributed by atoms with E-state index in [1.165, 1.54) is 0 Å². The lowest BCUT2D eigenvalue weighted by Gasteiger charge is -2.58. The SMILES string of the molecule is CCOC(=O)C1C(=O)C2CC3CC(CC(C)(C)[Si](C)(C)O)CC(C2)N31. The van der Waals surface area contributed by atoms with E-state index in [1.54, 1.807) is 6.92 Å². The molecule has 1 N–H and O–H groups in total. The number of carbonyl (C=O) groups is 2. The van der Waals surface area contributed by atoms with Crippen molar-refractivity contribution in [2.75, 3.05) is 6.61 Å². The first kappa shape index (κ1) is 19.0. The van der Waals surface area contributed by atoms with Crippen LogP contribution in [0.2, 0.25) is 18.1 Å². The van der Waals surface area contributed by atoms with E-state index >= 15 is 0 Å². The van der Waals surface area contributed by atoms with Crippen molar-refractivity contribution in [2.24, 2.45) is 11.8 Å². The minimum absolute atomic E-state index is 0.0198. The number of piperidine rings is 4. The predicted molar refractivity (Wildman–Crippen MR) is 98.6 cm³/mol. The number of hydrogen-bond acceptors (Lipinski definition) is 5. The van der Waals surface area contributed by atoms with Crippen molar-refractivity contribution in [3.63, 3.8) is 0 Å². The molecule has 4 bridgehead atoms. The Morgan fingerprint density at radius 2 is 1.80 bits per heavy atom. The van der Waals surface area contributed by atoms with E-state index in [0.29, 0.717) is 24.6 Å². The molecule has 0 amide bonds. The third-order valence-corrected chi connectivity index (χ3v) is 10.6. The molecule has 0 aromatic carbocycles. The zero-order valence-electron chi connectivity index (χ0n) is 16.2. The quantitative estimate of drug-likeness (QED) is 0.460. The number of nitrogens with zero attached hydrogens (tertiary/aromatic N) is 1. The van der Waals surface area contributed by atoms with Crippen LogP contribution >= 0.6 is 0 Å². The van der Waals surface area contributed by atoms with Crippen LogP contribution in [0.25, 0.3) is 0 Å². The van der Waals surface area contributed by atoms with Gasteiger partial charge in [-0.15, -0.1) is 0 Å². The fraction of sp³-hybridized carbons (Fsp3) is 0.895. The molecule has 0 aromatic heterocycles. The average Bonchev–Trinajstić information content (AvgIpc) is 2.45. The molecule has 5 nitrogen and oxygen atoms in total. The van der Waals surface area contributed by atoms with Gasteiger partial charge in [-0.1, -0.05) is 13.8 Å². The molecule has 0 aliphatic carbocycles.